The summed E-state index contributed by atoms with van der Waals surface area (Å²) in [7, 11) is 0. The Morgan fingerprint density at radius 3 is 2.65 bits per heavy atom. The van der Waals surface area contributed by atoms with Gasteiger partial charge in [-0.25, -0.2) is 0 Å². The van der Waals surface area contributed by atoms with Crippen molar-refractivity contribution in [3.8, 4) is 5.75 Å². The molecule has 0 radical (unpaired) electrons. The molecule has 3 nitrogen and oxygen atoms in total. The van der Waals surface area contributed by atoms with Gasteiger partial charge in [0.05, 0.1) is 5.69 Å². The topological polar surface area (TPSA) is 34.1 Å². The number of rotatable bonds is 6. The van der Waals surface area contributed by atoms with E-state index in [2.05, 4.69) is 24.1 Å². The Morgan fingerprint density at radius 1 is 1.20 bits per heavy atom. The van der Waals surface area contributed by atoms with Crippen molar-refractivity contribution in [2.24, 2.45) is 0 Å². The number of ether oxygens (including phenoxy) is 1. The Kier molecular flexibility index (Phi) is 5.39. The van der Waals surface area contributed by atoms with Crippen molar-refractivity contribution in [2.45, 2.75) is 33.0 Å². The van der Waals surface area contributed by atoms with Crippen molar-refractivity contribution in [2.75, 3.05) is 0 Å². The highest BCUT2D eigenvalue weighted by Crippen LogP contribution is 2.15. The third-order valence-corrected chi connectivity index (χ3v) is 3.05. The minimum Gasteiger partial charge on any atom is -0.489 e. The van der Waals surface area contributed by atoms with E-state index in [0.717, 1.165) is 28.6 Å². The van der Waals surface area contributed by atoms with Crippen LogP contribution in [0.4, 0.5) is 0 Å². The van der Waals surface area contributed by atoms with Gasteiger partial charge < -0.3 is 10.1 Å². The molecule has 1 aromatic heterocycles. The van der Waals surface area contributed by atoms with Crippen LogP contribution in [0.25, 0.3) is 0 Å². The lowest BCUT2D eigenvalue weighted by Crippen LogP contribution is -2.22. The molecule has 0 fully saturated rings. The summed E-state index contributed by atoms with van der Waals surface area (Å²) in [5.41, 5.74) is 2.07. The average Bonchev–Trinajstić information content (AvgIpc) is 2.45. The van der Waals surface area contributed by atoms with Crippen molar-refractivity contribution in [3.63, 3.8) is 0 Å². The second-order valence-electron chi connectivity index (χ2n) is 4.93. The SMILES string of the molecule is CC(C)NCc1cc(OCc2ccc(Cl)cc2)ccn1. The van der Waals surface area contributed by atoms with E-state index in [4.69, 9.17) is 16.3 Å². The summed E-state index contributed by atoms with van der Waals surface area (Å²) in [6, 6.07) is 11.9. The second kappa shape index (κ2) is 7.27. The van der Waals surface area contributed by atoms with Crippen molar-refractivity contribution < 1.29 is 4.74 Å². The maximum atomic E-state index is 5.85. The molecule has 0 aliphatic rings. The Bertz CT molecular complexity index is 540. The lowest BCUT2D eigenvalue weighted by atomic mass is 10.2. The highest BCUT2D eigenvalue weighted by atomic mass is 35.5. The first-order valence-electron chi connectivity index (χ1n) is 6.69. The van der Waals surface area contributed by atoms with Crippen LogP contribution in [0.5, 0.6) is 5.75 Å². The third-order valence-electron chi connectivity index (χ3n) is 2.80. The molecule has 1 aromatic carbocycles. The molecular formula is C16H19ClN2O. The number of nitrogens with one attached hydrogen (secondary N) is 1. The van der Waals surface area contributed by atoms with E-state index in [-0.39, 0.29) is 0 Å². The van der Waals surface area contributed by atoms with E-state index in [0.29, 0.717) is 12.6 Å². The Labute approximate surface area is 124 Å². The molecule has 1 N–H and O–H groups in total. The molecule has 0 saturated carbocycles. The fourth-order valence-electron chi connectivity index (χ4n) is 1.70. The summed E-state index contributed by atoms with van der Waals surface area (Å²) in [6.45, 7) is 5.50. The Morgan fingerprint density at radius 2 is 1.95 bits per heavy atom. The van der Waals surface area contributed by atoms with Gasteiger partial charge in [-0.1, -0.05) is 37.6 Å². The van der Waals surface area contributed by atoms with Crippen LogP contribution in [-0.4, -0.2) is 11.0 Å². The molecule has 0 aliphatic heterocycles. The van der Waals surface area contributed by atoms with E-state index in [1.165, 1.54) is 0 Å². The van der Waals surface area contributed by atoms with Crippen LogP contribution in [0.1, 0.15) is 25.1 Å². The predicted octanol–water partition coefficient (Wildman–Crippen LogP) is 3.81. The zero-order valence-corrected chi connectivity index (χ0v) is 12.5. The van der Waals surface area contributed by atoms with Crippen LogP contribution in [0.15, 0.2) is 42.6 Å². The lowest BCUT2D eigenvalue weighted by molar-refractivity contribution is 0.305. The first-order valence-corrected chi connectivity index (χ1v) is 7.07. The van der Waals surface area contributed by atoms with Crippen LogP contribution < -0.4 is 10.1 Å². The monoisotopic (exact) mass is 290 g/mol. The number of nitrogens with zero attached hydrogens (tertiary/aromatic N) is 1. The van der Waals surface area contributed by atoms with Crippen LogP contribution >= 0.6 is 11.6 Å². The standard InChI is InChI=1S/C16H19ClN2O/c1-12(2)19-10-15-9-16(7-8-18-15)20-11-13-3-5-14(17)6-4-13/h3-9,12,19H,10-11H2,1-2H3. The molecule has 2 rings (SSSR count). The number of benzene rings is 1. The summed E-state index contributed by atoms with van der Waals surface area (Å²) >= 11 is 5.85. The van der Waals surface area contributed by atoms with Crippen LogP contribution in [0.3, 0.4) is 0 Å². The van der Waals surface area contributed by atoms with E-state index in [9.17, 15) is 0 Å². The van der Waals surface area contributed by atoms with Crippen LogP contribution in [0, 0.1) is 0 Å². The minimum absolute atomic E-state index is 0.440. The van der Waals surface area contributed by atoms with Gasteiger partial charge in [0.1, 0.15) is 12.4 Å². The molecule has 0 unspecified atom stereocenters. The fraction of sp³-hybridized carbons (Fsp3) is 0.312. The number of aromatic nitrogens is 1. The minimum atomic E-state index is 0.440. The predicted molar refractivity (Wildman–Crippen MR) is 82.0 cm³/mol. The van der Waals surface area contributed by atoms with E-state index in [1.807, 2.05) is 36.4 Å². The van der Waals surface area contributed by atoms with E-state index < -0.39 is 0 Å². The molecular weight excluding hydrogens is 272 g/mol. The molecule has 4 heteroatoms. The second-order valence-corrected chi connectivity index (χ2v) is 5.37. The summed E-state index contributed by atoms with van der Waals surface area (Å²) in [5, 5.41) is 4.07. The Hall–Kier alpha value is -1.58. The molecule has 1 heterocycles. The van der Waals surface area contributed by atoms with E-state index >= 15 is 0 Å². The summed E-state index contributed by atoms with van der Waals surface area (Å²) in [6.07, 6.45) is 1.77. The zero-order valence-electron chi connectivity index (χ0n) is 11.8. The summed E-state index contributed by atoms with van der Waals surface area (Å²) < 4.78 is 5.77. The van der Waals surface area contributed by atoms with Gasteiger partial charge in [-0.3, -0.25) is 4.98 Å². The largest absolute Gasteiger partial charge is 0.489 e. The van der Waals surface area contributed by atoms with Crippen molar-refractivity contribution in [3.05, 3.63) is 58.9 Å². The number of hydrogen-bond donors (Lipinski definition) is 1. The first-order chi connectivity index (χ1) is 9.63. The van der Waals surface area contributed by atoms with Gasteiger partial charge in [0.2, 0.25) is 0 Å². The molecule has 2 aromatic rings. The number of hydrogen-bond acceptors (Lipinski definition) is 3. The molecule has 0 aliphatic carbocycles. The highest BCUT2D eigenvalue weighted by molar-refractivity contribution is 6.30. The van der Waals surface area contributed by atoms with Gasteiger partial charge in [-0.05, 0) is 23.8 Å². The lowest BCUT2D eigenvalue weighted by Gasteiger charge is -2.10. The molecule has 20 heavy (non-hydrogen) atoms. The van der Waals surface area contributed by atoms with Crippen molar-refractivity contribution >= 4 is 11.6 Å². The highest BCUT2D eigenvalue weighted by Gasteiger charge is 2.01. The molecule has 0 amide bonds. The summed E-state index contributed by atoms with van der Waals surface area (Å²) in [5.74, 6) is 0.829. The third kappa shape index (κ3) is 4.83. The number of halogens is 1. The number of pyridine rings is 1. The van der Waals surface area contributed by atoms with Gasteiger partial charge in [0.15, 0.2) is 0 Å². The first kappa shape index (κ1) is 14.8. The van der Waals surface area contributed by atoms with Gasteiger partial charge >= 0.3 is 0 Å². The van der Waals surface area contributed by atoms with Gasteiger partial charge in [0.25, 0.3) is 0 Å². The van der Waals surface area contributed by atoms with Gasteiger partial charge in [0, 0.05) is 29.9 Å². The Balaban J connectivity index is 1.92. The molecule has 0 saturated heterocycles. The van der Waals surface area contributed by atoms with E-state index in [1.54, 1.807) is 6.20 Å². The smallest absolute Gasteiger partial charge is 0.123 e. The van der Waals surface area contributed by atoms with Gasteiger partial charge in [-0.2, -0.15) is 0 Å². The normalized spacial score (nSPS) is 10.8. The molecule has 0 atom stereocenters. The maximum Gasteiger partial charge on any atom is 0.123 e. The molecule has 0 bridgehead atoms. The van der Waals surface area contributed by atoms with Crippen molar-refractivity contribution in [1.29, 1.82) is 0 Å². The summed E-state index contributed by atoms with van der Waals surface area (Å²) in [4.78, 5) is 4.32. The molecule has 106 valence electrons. The van der Waals surface area contributed by atoms with Crippen molar-refractivity contribution in [1.82, 2.24) is 10.3 Å². The quantitative estimate of drug-likeness (QED) is 0.878. The zero-order chi connectivity index (χ0) is 14.4. The van der Waals surface area contributed by atoms with Crippen LogP contribution in [0.2, 0.25) is 5.02 Å². The maximum absolute atomic E-state index is 5.85. The average molecular weight is 291 g/mol. The molecule has 0 spiro atoms. The van der Waals surface area contributed by atoms with Gasteiger partial charge in [-0.15, -0.1) is 0 Å². The van der Waals surface area contributed by atoms with Crippen LogP contribution in [-0.2, 0) is 13.2 Å². The fourth-order valence-corrected chi connectivity index (χ4v) is 1.82.